The van der Waals surface area contributed by atoms with E-state index in [0.717, 1.165) is 22.3 Å². The Morgan fingerprint density at radius 2 is 1.74 bits per heavy atom. The van der Waals surface area contributed by atoms with E-state index in [0.29, 0.717) is 13.0 Å². The SMILES string of the molecule is CC(c1ccc(-c2ccn(C)c(=O)c2)cc1)N1CC[C@](C[C@](C)(O)CO)(c2ccccc2)OC1=O. The van der Waals surface area contributed by atoms with Crippen LogP contribution in [0.1, 0.15) is 43.9 Å². The fraction of sp³-hybridized carbons (Fsp3) is 0.357. The summed E-state index contributed by atoms with van der Waals surface area (Å²) < 4.78 is 7.57. The summed E-state index contributed by atoms with van der Waals surface area (Å²) in [6.07, 6.45) is 1.86. The van der Waals surface area contributed by atoms with E-state index in [1.807, 2.05) is 67.6 Å². The number of cyclic esters (lactones) is 1. The Morgan fingerprint density at radius 1 is 1.06 bits per heavy atom. The topological polar surface area (TPSA) is 92.0 Å². The summed E-state index contributed by atoms with van der Waals surface area (Å²) in [7, 11) is 1.71. The van der Waals surface area contributed by atoms with Crippen LogP contribution < -0.4 is 5.56 Å². The Morgan fingerprint density at radius 3 is 2.34 bits per heavy atom. The molecule has 7 heteroatoms. The van der Waals surface area contributed by atoms with E-state index in [1.54, 1.807) is 31.1 Å². The Hall–Kier alpha value is -3.42. The van der Waals surface area contributed by atoms with Crippen LogP contribution in [0.5, 0.6) is 0 Å². The van der Waals surface area contributed by atoms with Gasteiger partial charge in [-0.2, -0.15) is 0 Å². The first-order valence-electron chi connectivity index (χ1n) is 11.8. The van der Waals surface area contributed by atoms with E-state index in [4.69, 9.17) is 4.74 Å². The number of amides is 1. The van der Waals surface area contributed by atoms with Gasteiger partial charge in [-0.1, -0.05) is 54.6 Å². The molecular weight excluding hydrogens is 444 g/mol. The molecule has 0 radical (unpaired) electrons. The van der Waals surface area contributed by atoms with E-state index in [-0.39, 0.29) is 18.0 Å². The van der Waals surface area contributed by atoms with Gasteiger partial charge < -0.3 is 24.4 Å². The molecule has 184 valence electrons. The number of pyridine rings is 1. The molecule has 4 rings (SSSR count). The number of aryl methyl sites for hydroxylation is 1. The van der Waals surface area contributed by atoms with E-state index in [9.17, 15) is 19.8 Å². The van der Waals surface area contributed by atoms with Crippen molar-refractivity contribution in [2.45, 2.75) is 43.9 Å². The summed E-state index contributed by atoms with van der Waals surface area (Å²) in [6.45, 7) is 3.50. The van der Waals surface area contributed by atoms with Gasteiger partial charge >= 0.3 is 6.09 Å². The number of ether oxygens (including phenoxy) is 1. The maximum Gasteiger partial charge on any atom is 0.411 e. The molecule has 1 amide bonds. The molecule has 2 heterocycles. The second kappa shape index (κ2) is 9.68. The molecule has 7 nitrogen and oxygen atoms in total. The number of benzene rings is 2. The van der Waals surface area contributed by atoms with E-state index in [2.05, 4.69) is 0 Å². The zero-order valence-electron chi connectivity index (χ0n) is 20.3. The first kappa shape index (κ1) is 24.7. The monoisotopic (exact) mass is 476 g/mol. The van der Waals surface area contributed by atoms with Gasteiger partial charge in [0.2, 0.25) is 0 Å². The molecule has 1 fully saturated rings. The lowest BCUT2D eigenvalue weighted by Gasteiger charge is -2.45. The van der Waals surface area contributed by atoms with Gasteiger partial charge in [0.15, 0.2) is 0 Å². The van der Waals surface area contributed by atoms with Crippen LogP contribution in [-0.4, -0.2) is 44.5 Å². The smallest absolute Gasteiger partial charge is 0.411 e. The van der Waals surface area contributed by atoms with Gasteiger partial charge in [-0.3, -0.25) is 4.79 Å². The summed E-state index contributed by atoms with van der Waals surface area (Å²) in [5.41, 5.74) is 1.03. The predicted octanol–water partition coefficient (Wildman–Crippen LogP) is 3.98. The number of hydrogen-bond donors (Lipinski definition) is 2. The molecule has 0 bridgehead atoms. The zero-order valence-corrected chi connectivity index (χ0v) is 20.3. The maximum atomic E-state index is 13.3. The van der Waals surface area contributed by atoms with Gasteiger partial charge in [0.05, 0.1) is 18.2 Å². The van der Waals surface area contributed by atoms with Crippen LogP contribution in [0.4, 0.5) is 4.79 Å². The van der Waals surface area contributed by atoms with Gasteiger partial charge in [-0.25, -0.2) is 4.79 Å². The lowest BCUT2D eigenvalue weighted by Crippen LogP contribution is -2.52. The van der Waals surface area contributed by atoms with Crippen molar-refractivity contribution in [2.24, 2.45) is 7.05 Å². The Kier molecular flexibility index (Phi) is 6.83. The minimum atomic E-state index is -1.39. The fourth-order valence-electron chi connectivity index (χ4n) is 4.73. The highest BCUT2D eigenvalue weighted by molar-refractivity contribution is 5.70. The quantitative estimate of drug-likeness (QED) is 0.538. The Balaban J connectivity index is 1.54. The lowest BCUT2D eigenvalue weighted by atomic mass is 9.79. The highest BCUT2D eigenvalue weighted by atomic mass is 16.6. The van der Waals surface area contributed by atoms with Crippen LogP contribution in [0.3, 0.4) is 0 Å². The molecule has 2 N–H and O–H groups in total. The molecule has 1 saturated heterocycles. The van der Waals surface area contributed by atoms with Crippen LogP contribution in [0.25, 0.3) is 11.1 Å². The van der Waals surface area contributed by atoms with Gasteiger partial charge in [-0.15, -0.1) is 0 Å². The minimum absolute atomic E-state index is 0.0712. The average molecular weight is 477 g/mol. The third kappa shape index (κ3) is 5.16. The van der Waals surface area contributed by atoms with Gasteiger partial charge in [0.1, 0.15) is 5.60 Å². The molecule has 1 aliphatic heterocycles. The van der Waals surface area contributed by atoms with E-state index >= 15 is 0 Å². The molecule has 1 aromatic heterocycles. The van der Waals surface area contributed by atoms with Crippen LogP contribution in [0.15, 0.2) is 77.7 Å². The molecular formula is C28H32N2O5. The summed E-state index contributed by atoms with van der Waals surface area (Å²) in [5, 5.41) is 20.3. The summed E-state index contributed by atoms with van der Waals surface area (Å²) in [4.78, 5) is 26.9. The van der Waals surface area contributed by atoms with Crippen molar-refractivity contribution in [3.05, 3.63) is 94.4 Å². The second-order valence-electron chi connectivity index (χ2n) is 9.67. The normalized spacial score (nSPS) is 20.7. The highest BCUT2D eigenvalue weighted by Gasteiger charge is 2.47. The number of carbonyl (C=O) groups excluding carboxylic acids is 1. The van der Waals surface area contributed by atoms with Crippen LogP contribution in [-0.2, 0) is 17.4 Å². The van der Waals surface area contributed by atoms with E-state index < -0.39 is 23.9 Å². The van der Waals surface area contributed by atoms with Crippen molar-refractivity contribution in [3.63, 3.8) is 0 Å². The van der Waals surface area contributed by atoms with Crippen LogP contribution >= 0.6 is 0 Å². The maximum absolute atomic E-state index is 13.3. The first-order chi connectivity index (χ1) is 16.6. The number of nitrogens with zero attached hydrogens (tertiary/aromatic N) is 2. The Bertz CT molecular complexity index is 1240. The first-order valence-corrected chi connectivity index (χ1v) is 11.8. The molecule has 0 saturated carbocycles. The van der Waals surface area contributed by atoms with Gasteiger partial charge in [-0.05, 0) is 42.2 Å². The molecule has 1 unspecified atom stereocenters. The van der Waals surface area contributed by atoms with Crippen molar-refractivity contribution in [1.29, 1.82) is 0 Å². The molecule has 0 aliphatic carbocycles. The number of hydrogen-bond acceptors (Lipinski definition) is 5. The number of aliphatic hydroxyl groups excluding tert-OH is 1. The molecule has 1 aliphatic rings. The number of rotatable bonds is 7. The van der Waals surface area contributed by atoms with Crippen molar-refractivity contribution in [1.82, 2.24) is 9.47 Å². The summed E-state index contributed by atoms with van der Waals surface area (Å²) in [5.74, 6) is 0. The summed E-state index contributed by atoms with van der Waals surface area (Å²) >= 11 is 0. The van der Waals surface area contributed by atoms with Crippen molar-refractivity contribution < 1.29 is 19.7 Å². The number of aliphatic hydroxyl groups is 2. The van der Waals surface area contributed by atoms with Gasteiger partial charge in [0.25, 0.3) is 5.56 Å². The fourth-order valence-corrected chi connectivity index (χ4v) is 4.73. The predicted molar refractivity (Wildman–Crippen MR) is 134 cm³/mol. The highest BCUT2D eigenvalue weighted by Crippen LogP contribution is 2.42. The molecule has 35 heavy (non-hydrogen) atoms. The van der Waals surface area contributed by atoms with Crippen molar-refractivity contribution >= 4 is 6.09 Å². The van der Waals surface area contributed by atoms with Gasteiger partial charge in [0, 0.05) is 38.7 Å². The summed E-state index contributed by atoms with van der Waals surface area (Å²) in [6, 6.07) is 20.5. The minimum Gasteiger partial charge on any atom is -0.438 e. The zero-order chi connectivity index (χ0) is 25.2. The average Bonchev–Trinajstić information content (AvgIpc) is 2.86. The standard InChI is InChI=1S/C28H32N2O5/c1-20(21-9-11-22(12-10-21)23-13-15-29(3)25(32)17-23)30-16-14-28(35-26(30)33,18-27(2,34)19-31)24-7-5-4-6-8-24/h4-13,15,17,20,31,34H,14,16,18-19H2,1-3H3/t20?,27-,28-/m0/s1. The van der Waals surface area contributed by atoms with E-state index in [1.165, 1.54) is 4.57 Å². The largest absolute Gasteiger partial charge is 0.438 e. The van der Waals surface area contributed by atoms with Crippen LogP contribution in [0, 0.1) is 0 Å². The Labute approximate surface area is 205 Å². The molecule has 0 spiro atoms. The molecule has 3 atom stereocenters. The number of carbonyl (C=O) groups is 1. The second-order valence-corrected chi connectivity index (χ2v) is 9.67. The van der Waals surface area contributed by atoms with Crippen molar-refractivity contribution in [3.8, 4) is 11.1 Å². The molecule has 2 aromatic carbocycles. The third-order valence-corrected chi connectivity index (χ3v) is 6.88. The number of aromatic nitrogens is 1. The molecule has 3 aromatic rings. The lowest BCUT2D eigenvalue weighted by molar-refractivity contribution is -0.117. The third-order valence-electron chi connectivity index (χ3n) is 6.88. The van der Waals surface area contributed by atoms with Crippen molar-refractivity contribution in [2.75, 3.05) is 13.2 Å². The van der Waals surface area contributed by atoms with Crippen LogP contribution in [0.2, 0.25) is 0 Å².